The molecule has 3 amide bonds. The molecule has 1 aliphatic heterocycles. The van der Waals surface area contributed by atoms with Crippen LogP contribution >= 0.6 is 11.8 Å². The molecule has 3 aromatic rings. The van der Waals surface area contributed by atoms with Gasteiger partial charge in [-0.05, 0) is 109 Å². The molecule has 1 aliphatic rings. The lowest BCUT2D eigenvalue weighted by Gasteiger charge is -2.27. The summed E-state index contributed by atoms with van der Waals surface area (Å²) in [4.78, 5) is 70.5. The number of thioether (sulfide) groups is 1. The van der Waals surface area contributed by atoms with E-state index in [0.717, 1.165) is 24.3 Å². The molecule has 0 aliphatic carbocycles. The number of carbonyl (C=O) groups excluding carboxylic acids is 4. The Morgan fingerprint density at radius 1 is 0.746 bits per heavy atom. The molecule has 2 atom stereocenters. The van der Waals surface area contributed by atoms with Gasteiger partial charge in [0.15, 0.2) is 0 Å². The quantitative estimate of drug-likeness (QED) is 0.0497. The van der Waals surface area contributed by atoms with E-state index in [-0.39, 0.29) is 51.4 Å². The Balaban J connectivity index is 1.15. The van der Waals surface area contributed by atoms with Crippen LogP contribution in [0.25, 0.3) is 0 Å². The number of ether oxygens (including phenoxy) is 4. The molecule has 4 rings (SSSR count). The first-order chi connectivity index (χ1) is 31.3. The predicted octanol–water partition coefficient (Wildman–Crippen LogP) is 10.3. The summed E-state index contributed by atoms with van der Waals surface area (Å²) in [6, 6.07) is 10.9. The maximum atomic E-state index is 13.3. The van der Waals surface area contributed by atoms with Crippen molar-refractivity contribution in [1.29, 1.82) is 0 Å². The van der Waals surface area contributed by atoms with Gasteiger partial charge >= 0.3 is 36.2 Å². The number of nitrogens with zero attached hydrogens (tertiary/aromatic N) is 4. The summed E-state index contributed by atoms with van der Waals surface area (Å²) < 4.78 is 103. The summed E-state index contributed by atoms with van der Waals surface area (Å²) in [6.45, 7) is 10.2. The molecule has 2 aromatic carbocycles. The fourth-order valence-electron chi connectivity index (χ4n) is 6.59. The Morgan fingerprint density at radius 2 is 1.25 bits per heavy atom. The van der Waals surface area contributed by atoms with Crippen LogP contribution in [0, 0.1) is 0 Å². The average Bonchev–Trinajstić information content (AvgIpc) is 3.69. The highest BCUT2D eigenvalue weighted by Gasteiger charge is 2.33. The molecule has 1 aromatic heterocycles. The van der Waals surface area contributed by atoms with E-state index in [1.807, 2.05) is 0 Å². The van der Waals surface area contributed by atoms with E-state index in [0.29, 0.717) is 55.4 Å². The summed E-state index contributed by atoms with van der Waals surface area (Å²) in [6.07, 6.45) is -6.75. The Hall–Kier alpha value is -5.31. The fraction of sp³-hybridized carbons (Fsp3) is 0.565. The molecule has 1 saturated heterocycles. The second kappa shape index (κ2) is 24.1. The van der Waals surface area contributed by atoms with E-state index >= 15 is 0 Å². The molecule has 1 N–H and O–H groups in total. The first kappa shape index (κ1) is 54.3. The number of carbonyl (C=O) groups is 4. The van der Waals surface area contributed by atoms with Gasteiger partial charge in [0.05, 0.1) is 11.1 Å². The first-order valence-corrected chi connectivity index (χ1v) is 22.9. The third-order valence-corrected chi connectivity index (χ3v) is 10.8. The van der Waals surface area contributed by atoms with E-state index < -0.39 is 76.1 Å². The summed E-state index contributed by atoms with van der Waals surface area (Å²) >= 11 is 1.34. The molecule has 2 heterocycles. The standard InChI is InChI=1S/C46H59F6N5O9S/c1-43(2,3)65-41(61)55(27-31-15-13-17-33(25-31)45(47,48)49)22-11-7-9-19-36(58)53-35-21-24-57(40(60)54-35)37-30-67-39(64-37)29-63-38(59)20-10-8-12-23-56(42(62)66-44(4,5)6)28-32-16-14-18-34(26-32)46(50,51)52/h13-18,21,24-26,37,39H,7-12,19-20,22-23,27-30H2,1-6H3,(H,53,54,58,60). The van der Waals surface area contributed by atoms with Crippen LogP contribution in [0.3, 0.4) is 0 Å². The zero-order valence-electron chi connectivity index (χ0n) is 38.5. The summed E-state index contributed by atoms with van der Waals surface area (Å²) in [5.74, 6) is -0.483. The van der Waals surface area contributed by atoms with Crippen LogP contribution in [-0.4, -0.2) is 85.5 Å². The van der Waals surface area contributed by atoms with Crippen molar-refractivity contribution in [2.75, 3.05) is 30.8 Å². The monoisotopic (exact) mass is 971 g/mol. The van der Waals surface area contributed by atoms with Crippen molar-refractivity contribution in [3.05, 3.63) is 93.5 Å². The van der Waals surface area contributed by atoms with Gasteiger partial charge in [0.1, 0.15) is 35.3 Å². The van der Waals surface area contributed by atoms with Crippen molar-refractivity contribution in [3.8, 4) is 0 Å². The molecular formula is C46H59F6N5O9S. The van der Waals surface area contributed by atoms with Gasteiger partial charge in [-0.15, -0.1) is 11.8 Å². The molecule has 21 heteroatoms. The predicted molar refractivity (Wildman–Crippen MR) is 238 cm³/mol. The Labute approximate surface area is 390 Å². The Kier molecular flexibility index (Phi) is 19.5. The van der Waals surface area contributed by atoms with Gasteiger partial charge < -0.3 is 34.1 Å². The van der Waals surface area contributed by atoms with Gasteiger partial charge in [0.25, 0.3) is 0 Å². The smallest absolute Gasteiger partial charge is 0.416 e. The molecular weight excluding hydrogens is 913 g/mol. The number of hydrogen-bond donors (Lipinski definition) is 1. The van der Waals surface area contributed by atoms with Crippen molar-refractivity contribution >= 4 is 41.6 Å². The second-order valence-electron chi connectivity index (χ2n) is 17.9. The lowest BCUT2D eigenvalue weighted by atomic mass is 10.1. The molecule has 0 saturated carbocycles. The van der Waals surface area contributed by atoms with Crippen molar-refractivity contribution in [2.24, 2.45) is 0 Å². The fourth-order valence-corrected chi connectivity index (χ4v) is 7.58. The molecule has 1 fully saturated rings. The zero-order valence-corrected chi connectivity index (χ0v) is 39.3. The second-order valence-corrected chi connectivity index (χ2v) is 19.1. The number of halogens is 6. The lowest BCUT2D eigenvalue weighted by Crippen LogP contribution is -2.37. The van der Waals surface area contributed by atoms with Crippen LogP contribution in [-0.2, 0) is 54.0 Å². The molecule has 0 radical (unpaired) electrons. The first-order valence-electron chi connectivity index (χ1n) is 21.9. The third kappa shape index (κ3) is 19.4. The minimum atomic E-state index is -4.53. The van der Waals surface area contributed by atoms with Gasteiger partial charge in [0, 0.05) is 51.0 Å². The lowest BCUT2D eigenvalue weighted by molar-refractivity contribution is -0.147. The number of unbranched alkanes of at least 4 members (excludes halogenated alkanes) is 4. The van der Waals surface area contributed by atoms with E-state index in [2.05, 4.69) is 10.3 Å². The highest BCUT2D eigenvalue weighted by atomic mass is 32.2. The number of amides is 3. The number of benzene rings is 2. The largest absolute Gasteiger partial charge is 0.462 e. The van der Waals surface area contributed by atoms with E-state index in [4.69, 9.17) is 18.9 Å². The topological polar surface area (TPSA) is 159 Å². The molecule has 370 valence electrons. The number of esters is 1. The van der Waals surface area contributed by atoms with Gasteiger partial charge in [0.2, 0.25) is 5.91 Å². The highest BCUT2D eigenvalue weighted by molar-refractivity contribution is 8.00. The zero-order chi connectivity index (χ0) is 49.6. The third-order valence-electron chi connectivity index (χ3n) is 9.72. The molecule has 2 unspecified atom stereocenters. The van der Waals surface area contributed by atoms with Gasteiger partial charge in [-0.3, -0.25) is 14.2 Å². The van der Waals surface area contributed by atoms with Crippen LogP contribution < -0.4 is 11.0 Å². The summed E-state index contributed by atoms with van der Waals surface area (Å²) in [5, 5.41) is 2.59. The number of aromatic nitrogens is 2. The van der Waals surface area contributed by atoms with Crippen molar-refractivity contribution < 1.29 is 64.5 Å². The number of anilines is 1. The van der Waals surface area contributed by atoms with Crippen molar-refractivity contribution in [3.63, 3.8) is 0 Å². The van der Waals surface area contributed by atoms with Crippen LogP contribution in [0.1, 0.15) is 121 Å². The number of nitrogens with one attached hydrogen (secondary N) is 1. The molecule has 0 spiro atoms. The van der Waals surface area contributed by atoms with E-state index in [9.17, 15) is 50.3 Å². The van der Waals surface area contributed by atoms with E-state index in [1.54, 1.807) is 41.5 Å². The van der Waals surface area contributed by atoms with Crippen LogP contribution in [0.2, 0.25) is 0 Å². The highest BCUT2D eigenvalue weighted by Crippen LogP contribution is 2.33. The van der Waals surface area contributed by atoms with Gasteiger partial charge in [-0.25, -0.2) is 14.4 Å². The summed E-state index contributed by atoms with van der Waals surface area (Å²) in [5.41, 5.74) is -3.92. The molecule has 0 bridgehead atoms. The maximum absolute atomic E-state index is 13.3. The van der Waals surface area contributed by atoms with Crippen molar-refractivity contribution in [1.82, 2.24) is 19.4 Å². The van der Waals surface area contributed by atoms with Gasteiger partial charge in [-0.2, -0.15) is 31.3 Å². The minimum Gasteiger partial charge on any atom is -0.462 e. The Bertz CT molecular complexity index is 2190. The number of rotatable bonds is 20. The van der Waals surface area contributed by atoms with Crippen LogP contribution in [0.4, 0.5) is 41.7 Å². The van der Waals surface area contributed by atoms with Crippen LogP contribution in [0.15, 0.2) is 65.6 Å². The van der Waals surface area contributed by atoms with E-state index in [1.165, 1.54) is 62.7 Å². The number of hydrogen-bond acceptors (Lipinski definition) is 11. The summed E-state index contributed by atoms with van der Waals surface area (Å²) in [7, 11) is 0. The SMILES string of the molecule is CC(C)(C)OC(=O)N(CCCCCC(=O)Nc1ccn(C2CSC(COC(=O)CCCCCN(Cc3cccc(C(F)(F)F)c3)C(=O)OC(C)(C)C)O2)c(=O)n1)Cc1cccc(C(F)(F)F)c1. The van der Waals surface area contributed by atoms with Crippen molar-refractivity contribution in [2.45, 2.75) is 141 Å². The molecule has 67 heavy (non-hydrogen) atoms. The van der Waals surface area contributed by atoms with Gasteiger partial charge in [-0.1, -0.05) is 37.1 Å². The maximum Gasteiger partial charge on any atom is 0.416 e. The Morgan fingerprint density at radius 3 is 1.73 bits per heavy atom. The minimum absolute atomic E-state index is 0.0350. The number of alkyl halides is 6. The van der Waals surface area contributed by atoms with Crippen LogP contribution in [0.5, 0.6) is 0 Å². The normalized spacial score (nSPS) is 15.5. The molecule has 14 nitrogen and oxygen atoms in total. The average molecular weight is 972 g/mol.